The molecule has 3 aromatic rings. The molecule has 1 atom stereocenters. The normalized spacial score (nSPS) is 20.4. The highest BCUT2D eigenvalue weighted by Gasteiger charge is 2.31. The number of benzene rings is 2. The third-order valence-corrected chi connectivity index (χ3v) is 8.31. The van der Waals surface area contributed by atoms with E-state index in [1.807, 2.05) is 0 Å². The first kappa shape index (κ1) is 22.7. The molecule has 3 heterocycles. The van der Waals surface area contributed by atoms with E-state index < -0.39 is 21.8 Å². The van der Waals surface area contributed by atoms with E-state index in [0.717, 1.165) is 29.7 Å². The van der Waals surface area contributed by atoms with Gasteiger partial charge in [0.25, 0.3) is 5.91 Å². The van der Waals surface area contributed by atoms with Crippen molar-refractivity contribution < 1.29 is 27.4 Å². The predicted octanol–water partition coefficient (Wildman–Crippen LogP) is 3.56. The van der Waals surface area contributed by atoms with Crippen LogP contribution in [0.15, 0.2) is 42.5 Å². The van der Waals surface area contributed by atoms with Crippen molar-refractivity contribution in [3.63, 3.8) is 0 Å². The lowest BCUT2D eigenvalue weighted by Gasteiger charge is -2.26. The standard InChI is InChI=1S/C25H25FN2O5S/c26-17-3-1-15(2-4-17)22-20-6-5-19(29)13-21(20)24(28-23(22)16-7-10-33-11-8-16)25(30)27-18-9-12-34(31,32)14-18/h1-6,13,16,18,29H,7-12,14H2,(H,27,30). The van der Waals surface area contributed by atoms with Gasteiger partial charge in [0.1, 0.15) is 17.3 Å². The van der Waals surface area contributed by atoms with Crippen molar-refractivity contribution in [1.82, 2.24) is 10.3 Å². The number of phenols is 1. The van der Waals surface area contributed by atoms with E-state index in [-0.39, 0.29) is 34.7 Å². The number of hydrogen-bond donors (Lipinski definition) is 2. The molecule has 5 rings (SSSR count). The molecule has 0 radical (unpaired) electrons. The lowest BCUT2D eigenvalue weighted by molar-refractivity contribution is 0.0845. The molecule has 2 fully saturated rings. The van der Waals surface area contributed by atoms with E-state index in [4.69, 9.17) is 9.72 Å². The molecule has 2 aliphatic heterocycles. The fraction of sp³-hybridized carbons (Fsp3) is 0.360. The van der Waals surface area contributed by atoms with Gasteiger partial charge in [0.2, 0.25) is 0 Å². The molecule has 1 unspecified atom stereocenters. The molecular weight excluding hydrogens is 459 g/mol. The number of nitrogens with zero attached hydrogens (tertiary/aromatic N) is 1. The summed E-state index contributed by atoms with van der Waals surface area (Å²) in [4.78, 5) is 18.2. The quantitative estimate of drug-likeness (QED) is 0.587. The van der Waals surface area contributed by atoms with Gasteiger partial charge < -0.3 is 15.2 Å². The summed E-state index contributed by atoms with van der Waals surface area (Å²) in [6.07, 6.45) is 1.82. The second-order valence-electron chi connectivity index (χ2n) is 8.92. The van der Waals surface area contributed by atoms with Crippen LogP contribution in [0.3, 0.4) is 0 Å². The predicted molar refractivity (Wildman–Crippen MR) is 126 cm³/mol. The van der Waals surface area contributed by atoms with Crippen LogP contribution < -0.4 is 5.32 Å². The first-order chi connectivity index (χ1) is 16.3. The minimum Gasteiger partial charge on any atom is -0.508 e. The zero-order chi connectivity index (χ0) is 23.9. The molecule has 9 heteroatoms. The molecule has 2 N–H and O–H groups in total. The Hall–Kier alpha value is -3.04. The number of rotatable bonds is 4. The van der Waals surface area contributed by atoms with Crippen molar-refractivity contribution in [3.8, 4) is 16.9 Å². The van der Waals surface area contributed by atoms with Gasteiger partial charge >= 0.3 is 0 Å². The van der Waals surface area contributed by atoms with E-state index in [0.29, 0.717) is 30.4 Å². The summed E-state index contributed by atoms with van der Waals surface area (Å²) in [5.41, 5.74) is 2.42. The molecule has 1 amide bonds. The first-order valence-corrected chi connectivity index (χ1v) is 13.1. The van der Waals surface area contributed by atoms with Gasteiger partial charge in [-0.15, -0.1) is 0 Å². The number of hydrogen-bond acceptors (Lipinski definition) is 6. The van der Waals surface area contributed by atoms with Gasteiger partial charge in [-0.1, -0.05) is 12.1 Å². The molecule has 0 spiro atoms. The number of halogens is 1. The third kappa shape index (κ3) is 4.50. The highest BCUT2D eigenvalue weighted by molar-refractivity contribution is 7.91. The molecule has 2 aromatic carbocycles. The lowest BCUT2D eigenvalue weighted by Crippen LogP contribution is -2.36. The Kier molecular flexibility index (Phi) is 5.99. The third-order valence-electron chi connectivity index (χ3n) is 6.54. The molecular formula is C25H25FN2O5S. The SMILES string of the molecule is O=C(NC1CCS(=O)(=O)C1)c1nc(C2CCOCC2)c(-c2ccc(F)cc2)c2ccc(O)cc12. The Morgan fingerprint density at radius 1 is 1.06 bits per heavy atom. The molecule has 2 aliphatic rings. The maximum absolute atomic E-state index is 13.7. The van der Waals surface area contributed by atoms with Crippen molar-refractivity contribution in [3.05, 3.63) is 59.7 Å². The van der Waals surface area contributed by atoms with Crippen molar-refractivity contribution in [2.24, 2.45) is 0 Å². The van der Waals surface area contributed by atoms with E-state index in [9.17, 15) is 22.7 Å². The van der Waals surface area contributed by atoms with Crippen molar-refractivity contribution >= 4 is 26.5 Å². The number of carbonyl (C=O) groups is 1. The minimum absolute atomic E-state index is 0.0179. The van der Waals surface area contributed by atoms with Gasteiger partial charge in [-0.25, -0.2) is 17.8 Å². The monoisotopic (exact) mass is 484 g/mol. The average Bonchev–Trinajstić information content (AvgIpc) is 3.17. The first-order valence-electron chi connectivity index (χ1n) is 11.3. The van der Waals surface area contributed by atoms with Crippen molar-refractivity contribution in [2.75, 3.05) is 24.7 Å². The fourth-order valence-corrected chi connectivity index (χ4v) is 6.52. The van der Waals surface area contributed by atoms with Gasteiger partial charge in [-0.05, 0) is 60.5 Å². The van der Waals surface area contributed by atoms with Crippen LogP contribution in [0.5, 0.6) is 5.75 Å². The van der Waals surface area contributed by atoms with Gasteiger partial charge in [0.05, 0.1) is 17.2 Å². The van der Waals surface area contributed by atoms with E-state index in [1.54, 1.807) is 24.3 Å². The lowest BCUT2D eigenvalue weighted by atomic mass is 9.86. The Morgan fingerprint density at radius 3 is 2.47 bits per heavy atom. The summed E-state index contributed by atoms with van der Waals surface area (Å²) in [5.74, 6) is -0.863. The maximum Gasteiger partial charge on any atom is 0.270 e. The van der Waals surface area contributed by atoms with Gasteiger partial charge in [0, 0.05) is 36.1 Å². The second kappa shape index (κ2) is 8.96. The van der Waals surface area contributed by atoms with Crippen molar-refractivity contribution in [2.45, 2.75) is 31.2 Å². The van der Waals surface area contributed by atoms with Crippen LogP contribution in [-0.4, -0.2) is 55.2 Å². The molecule has 7 nitrogen and oxygen atoms in total. The number of phenolic OH excluding ortho intramolecular Hbond substituents is 1. The van der Waals surface area contributed by atoms with Crippen LogP contribution in [0.2, 0.25) is 0 Å². The van der Waals surface area contributed by atoms with Gasteiger partial charge in [0.15, 0.2) is 9.84 Å². The smallest absolute Gasteiger partial charge is 0.270 e. The molecule has 1 aromatic heterocycles. The zero-order valence-corrected chi connectivity index (χ0v) is 19.3. The molecule has 178 valence electrons. The molecule has 0 aliphatic carbocycles. The van der Waals surface area contributed by atoms with Crippen LogP contribution >= 0.6 is 0 Å². The Balaban J connectivity index is 1.68. The number of fused-ring (bicyclic) bond motifs is 1. The van der Waals surface area contributed by atoms with E-state index >= 15 is 0 Å². The number of aromatic nitrogens is 1. The molecule has 2 saturated heterocycles. The van der Waals surface area contributed by atoms with Gasteiger partial charge in [-0.2, -0.15) is 0 Å². The van der Waals surface area contributed by atoms with Crippen molar-refractivity contribution in [1.29, 1.82) is 0 Å². The van der Waals surface area contributed by atoms with Gasteiger partial charge in [-0.3, -0.25) is 4.79 Å². The minimum atomic E-state index is -3.16. The van der Waals surface area contributed by atoms with E-state index in [1.165, 1.54) is 18.2 Å². The van der Waals surface area contributed by atoms with Crippen LogP contribution in [-0.2, 0) is 14.6 Å². The summed E-state index contributed by atoms with van der Waals surface area (Å²) in [6.45, 7) is 1.15. The number of sulfone groups is 1. The average molecular weight is 485 g/mol. The largest absolute Gasteiger partial charge is 0.508 e. The molecule has 0 bridgehead atoms. The number of nitrogens with one attached hydrogen (secondary N) is 1. The second-order valence-corrected chi connectivity index (χ2v) is 11.1. The summed E-state index contributed by atoms with van der Waals surface area (Å²) >= 11 is 0. The number of carbonyl (C=O) groups excluding carboxylic acids is 1. The maximum atomic E-state index is 13.7. The number of ether oxygens (including phenoxy) is 1. The Morgan fingerprint density at radius 2 is 1.79 bits per heavy atom. The molecule has 0 saturated carbocycles. The van der Waals surface area contributed by atoms with E-state index in [2.05, 4.69) is 5.32 Å². The Bertz CT molecular complexity index is 1350. The number of aromatic hydroxyl groups is 1. The van der Waals surface area contributed by atoms with Crippen LogP contribution in [0.25, 0.3) is 21.9 Å². The number of amides is 1. The summed E-state index contributed by atoms with van der Waals surface area (Å²) in [5, 5.41) is 14.2. The topological polar surface area (TPSA) is 106 Å². The summed E-state index contributed by atoms with van der Waals surface area (Å²) in [7, 11) is -3.16. The van der Waals surface area contributed by atoms with Crippen LogP contribution in [0.1, 0.15) is 41.4 Å². The number of pyridine rings is 1. The fourth-order valence-electron chi connectivity index (χ4n) is 4.84. The zero-order valence-electron chi connectivity index (χ0n) is 18.5. The summed E-state index contributed by atoms with van der Waals surface area (Å²) in [6, 6.07) is 10.4. The highest BCUT2D eigenvalue weighted by atomic mass is 32.2. The van der Waals surface area contributed by atoms with Crippen LogP contribution in [0, 0.1) is 5.82 Å². The Labute approximate surface area is 196 Å². The van der Waals surface area contributed by atoms with Crippen LogP contribution in [0.4, 0.5) is 4.39 Å². The molecule has 34 heavy (non-hydrogen) atoms. The summed E-state index contributed by atoms with van der Waals surface area (Å²) < 4.78 is 42.9. The highest BCUT2D eigenvalue weighted by Crippen LogP contribution is 2.40.